The fourth-order valence-electron chi connectivity index (χ4n) is 1.44. The van der Waals surface area contributed by atoms with E-state index in [1.54, 1.807) is 0 Å². The second kappa shape index (κ2) is 4.99. The summed E-state index contributed by atoms with van der Waals surface area (Å²) in [6.45, 7) is 5.42. The number of hydrogen-bond acceptors (Lipinski definition) is 3. The van der Waals surface area contributed by atoms with Gasteiger partial charge in [-0.3, -0.25) is 4.79 Å². The number of nitrogens with one attached hydrogen (secondary N) is 2. The standard InChI is InChI=1S/C9H16N2O2/c1-2-9(13)11-5-7-3-4-10-6-8(7)12/h2,7-8,10,12H,1,3-6H2,(H,11,13). The van der Waals surface area contributed by atoms with Crippen molar-refractivity contribution in [3.05, 3.63) is 12.7 Å². The Balaban J connectivity index is 2.26. The molecule has 0 aromatic heterocycles. The number of hydrogen-bond donors (Lipinski definition) is 3. The number of β-amino-alcohol motifs (C(OH)–C–C–N with tert-alkyl or cyclic N) is 1. The van der Waals surface area contributed by atoms with Gasteiger partial charge in [0, 0.05) is 19.0 Å². The lowest BCUT2D eigenvalue weighted by Crippen LogP contribution is -2.45. The summed E-state index contributed by atoms with van der Waals surface area (Å²) in [7, 11) is 0. The Hall–Kier alpha value is -0.870. The van der Waals surface area contributed by atoms with E-state index >= 15 is 0 Å². The predicted octanol–water partition coefficient (Wildman–Crippen LogP) is -0.741. The second-order valence-corrected chi connectivity index (χ2v) is 3.27. The topological polar surface area (TPSA) is 61.4 Å². The van der Waals surface area contributed by atoms with E-state index in [1.807, 2.05) is 0 Å². The first-order chi connectivity index (χ1) is 6.24. The Morgan fingerprint density at radius 3 is 3.15 bits per heavy atom. The SMILES string of the molecule is C=CC(=O)NCC1CCNCC1O. The number of piperidine rings is 1. The predicted molar refractivity (Wildman–Crippen MR) is 50.2 cm³/mol. The zero-order valence-electron chi connectivity index (χ0n) is 7.62. The summed E-state index contributed by atoms with van der Waals surface area (Å²) in [4.78, 5) is 10.8. The van der Waals surface area contributed by atoms with Crippen molar-refractivity contribution in [2.24, 2.45) is 5.92 Å². The first kappa shape index (κ1) is 10.2. The maximum Gasteiger partial charge on any atom is 0.243 e. The van der Waals surface area contributed by atoms with Gasteiger partial charge in [0.2, 0.25) is 5.91 Å². The molecule has 0 aromatic carbocycles. The van der Waals surface area contributed by atoms with Crippen LogP contribution in [0.15, 0.2) is 12.7 Å². The molecule has 1 heterocycles. The molecule has 1 rings (SSSR count). The van der Waals surface area contributed by atoms with Crippen LogP contribution in [0.2, 0.25) is 0 Å². The van der Waals surface area contributed by atoms with Gasteiger partial charge in [0.1, 0.15) is 0 Å². The summed E-state index contributed by atoms with van der Waals surface area (Å²) in [5.41, 5.74) is 0. The van der Waals surface area contributed by atoms with Crippen LogP contribution in [0.25, 0.3) is 0 Å². The molecule has 2 unspecified atom stereocenters. The Kier molecular flexibility index (Phi) is 3.92. The van der Waals surface area contributed by atoms with Crippen molar-refractivity contribution < 1.29 is 9.90 Å². The maximum atomic E-state index is 10.8. The molecule has 13 heavy (non-hydrogen) atoms. The van der Waals surface area contributed by atoms with Crippen molar-refractivity contribution in [1.82, 2.24) is 10.6 Å². The van der Waals surface area contributed by atoms with E-state index in [0.717, 1.165) is 13.0 Å². The number of amides is 1. The van der Waals surface area contributed by atoms with Gasteiger partial charge in [-0.05, 0) is 19.0 Å². The Morgan fingerprint density at radius 1 is 1.77 bits per heavy atom. The number of rotatable bonds is 3. The molecule has 1 aliphatic rings. The molecule has 0 bridgehead atoms. The Morgan fingerprint density at radius 2 is 2.54 bits per heavy atom. The summed E-state index contributed by atoms with van der Waals surface area (Å²) in [5.74, 6) is -0.00381. The first-order valence-corrected chi connectivity index (χ1v) is 4.53. The van der Waals surface area contributed by atoms with E-state index in [1.165, 1.54) is 6.08 Å². The number of carbonyl (C=O) groups is 1. The van der Waals surface area contributed by atoms with Gasteiger partial charge in [-0.15, -0.1) is 0 Å². The lowest BCUT2D eigenvalue weighted by molar-refractivity contribution is -0.116. The third kappa shape index (κ3) is 3.16. The first-order valence-electron chi connectivity index (χ1n) is 4.53. The third-order valence-corrected chi connectivity index (χ3v) is 2.31. The molecule has 1 amide bonds. The number of aliphatic hydroxyl groups is 1. The molecule has 2 atom stereocenters. The van der Waals surface area contributed by atoms with Gasteiger partial charge in [-0.2, -0.15) is 0 Å². The largest absolute Gasteiger partial charge is 0.391 e. The third-order valence-electron chi connectivity index (χ3n) is 2.31. The molecule has 4 heteroatoms. The van der Waals surface area contributed by atoms with E-state index in [-0.39, 0.29) is 17.9 Å². The van der Waals surface area contributed by atoms with E-state index in [2.05, 4.69) is 17.2 Å². The molecular weight excluding hydrogens is 168 g/mol. The number of aliphatic hydroxyl groups excluding tert-OH is 1. The highest BCUT2D eigenvalue weighted by Gasteiger charge is 2.22. The Labute approximate surface area is 78.0 Å². The molecule has 0 radical (unpaired) electrons. The van der Waals surface area contributed by atoms with E-state index in [9.17, 15) is 9.90 Å². The van der Waals surface area contributed by atoms with Crippen LogP contribution in [0.3, 0.4) is 0 Å². The van der Waals surface area contributed by atoms with Crippen molar-refractivity contribution in [1.29, 1.82) is 0 Å². The van der Waals surface area contributed by atoms with Crippen LogP contribution in [0.5, 0.6) is 0 Å². The second-order valence-electron chi connectivity index (χ2n) is 3.27. The van der Waals surface area contributed by atoms with Crippen LogP contribution in [0.1, 0.15) is 6.42 Å². The summed E-state index contributed by atoms with van der Waals surface area (Å²) in [5, 5.41) is 15.3. The van der Waals surface area contributed by atoms with Crippen molar-refractivity contribution >= 4 is 5.91 Å². The molecule has 1 saturated heterocycles. The highest BCUT2D eigenvalue weighted by atomic mass is 16.3. The van der Waals surface area contributed by atoms with Crippen LogP contribution in [-0.2, 0) is 4.79 Å². The quantitative estimate of drug-likeness (QED) is 0.506. The van der Waals surface area contributed by atoms with E-state index in [0.29, 0.717) is 13.1 Å². The van der Waals surface area contributed by atoms with Crippen molar-refractivity contribution in [3.8, 4) is 0 Å². The lowest BCUT2D eigenvalue weighted by atomic mass is 9.95. The fraction of sp³-hybridized carbons (Fsp3) is 0.667. The van der Waals surface area contributed by atoms with Gasteiger partial charge < -0.3 is 15.7 Å². The molecule has 0 aliphatic carbocycles. The smallest absolute Gasteiger partial charge is 0.243 e. The van der Waals surface area contributed by atoms with Gasteiger partial charge in [-0.25, -0.2) is 0 Å². The molecule has 1 aliphatic heterocycles. The average Bonchev–Trinajstić information content (AvgIpc) is 2.16. The minimum atomic E-state index is -0.348. The average molecular weight is 184 g/mol. The molecule has 74 valence electrons. The van der Waals surface area contributed by atoms with Crippen molar-refractivity contribution in [2.45, 2.75) is 12.5 Å². The Bertz CT molecular complexity index is 194. The molecule has 4 nitrogen and oxygen atoms in total. The summed E-state index contributed by atoms with van der Waals surface area (Å²) < 4.78 is 0. The van der Waals surface area contributed by atoms with Crippen molar-refractivity contribution in [3.63, 3.8) is 0 Å². The maximum absolute atomic E-state index is 10.8. The van der Waals surface area contributed by atoms with Crippen LogP contribution in [-0.4, -0.2) is 36.8 Å². The van der Waals surface area contributed by atoms with Crippen molar-refractivity contribution in [2.75, 3.05) is 19.6 Å². The molecule has 1 fully saturated rings. The zero-order valence-corrected chi connectivity index (χ0v) is 7.62. The fourth-order valence-corrected chi connectivity index (χ4v) is 1.44. The lowest BCUT2D eigenvalue weighted by Gasteiger charge is -2.28. The van der Waals surface area contributed by atoms with E-state index in [4.69, 9.17) is 0 Å². The summed E-state index contributed by atoms with van der Waals surface area (Å²) in [6.07, 6.45) is 1.80. The summed E-state index contributed by atoms with van der Waals surface area (Å²) >= 11 is 0. The summed E-state index contributed by atoms with van der Waals surface area (Å²) in [6, 6.07) is 0. The van der Waals surface area contributed by atoms with Crippen LogP contribution < -0.4 is 10.6 Å². The van der Waals surface area contributed by atoms with Gasteiger partial charge in [-0.1, -0.05) is 6.58 Å². The monoisotopic (exact) mass is 184 g/mol. The molecule has 0 aromatic rings. The minimum absolute atomic E-state index is 0.171. The highest BCUT2D eigenvalue weighted by Crippen LogP contribution is 2.10. The van der Waals surface area contributed by atoms with Crippen LogP contribution >= 0.6 is 0 Å². The molecule has 0 spiro atoms. The van der Waals surface area contributed by atoms with E-state index < -0.39 is 0 Å². The van der Waals surface area contributed by atoms with Crippen LogP contribution in [0, 0.1) is 5.92 Å². The molecule has 0 saturated carbocycles. The van der Waals surface area contributed by atoms with Gasteiger partial charge in [0.25, 0.3) is 0 Å². The highest BCUT2D eigenvalue weighted by molar-refractivity contribution is 5.86. The normalized spacial score (nSPS) is 28.1. The van der Waals surface area contributed by atoms with Crippen LogP contribution in [0.4, 0.5) is 0 Å². The van der Waals surface area contributed by atoms with Gasteiger partial charge in [0.05, 0.1) is 6.10 Å². The molecular formula is C9H16N2O2. The van der Waals surface area contributed by atoms with Gasteiger partial charge in [0.15, 0.2) is 0 Å². The molecule has 3 N–H and O–H groups in total. The zero-order chi connectivity index (χ0) is 9.68. The van der Waals surface area contributed by atoms with Gasteiger partial charge >= 0.3 is 0 Å². The number of carbonyl (C=O) groups excluding carboxylic acids is 1. The minimum Gasteiger partial charge on any atom is -0.391 e.